The topological polar surface area (TPSA) is 68.3 Å². The highest BCUT2D eigenvalue weighted by Crippen LogP contribution is 2.25. The van der Waals surface area contributed by atoms with Gasteiger partial charge in [0.15, 0.2) is 5.58 Å². The van der Waals surface area contributed by atoms with Crippen molar-refractivity contribution in [1.29, 1.82) is 0 Å². The fraction of sp³-hybridized carbons (Fsp3) is 0.250. The smallest absolute Gasteiger partial charge is 0.306 e. The highest BCUT2D eigenvalue weighted by molar-refractivity contribution is 5.77. The van der Waals surface area contributed by atoms with E-state index >= 15 is 0 Å². The lowest BCUT2D eigenvalue weighted by Crippen LogP contribution is -2.12. The quantitative estimate of drug-likeness (QED) is 0.799. The highest BCUT2D eigenvalue weighted by atomic mass is 16.4. The zero-order valence-corrected chi connectivity index (χ0v) is 11.9. The number of aromatic nitrogens is 2. The first-order valence-corrected chi connectivity index (χ1v) is 6.78. The van der Waals surface area contributed by atoms with Crippen molar-refractivity contribution < 1.29 is 14.3 Å². The van der Waals surface area contributed by atoms with Gasteiger partial charge in [0.1, 0.15) is 11.2 Å². The van der Waals surface area contributed by atoms with Gasteiger partial charge in [-0.15, -0.1) is 0 Å². The van der Waals surface area contributed by atoms with Crippen molar-refractivity contribution in [3.8, 4) is 11.6 Å². The van der Waals surface area contributed by atoms with Crippen LogP contribution >= 0.6 is 0 Å². The summed E-state index contributed by atoms with van der Waals surface area (Å²) >= 11 is 0. The van der Waals surface area contributed by atoms with Crippen LogP contribution in [0, 0.1) is 5.92 Å². The molecule has 2 aromatic heterocycles. The summed E-state index contributed by atoms with van der Waals surface area (Å²) in [6.07, 6.45) is 2.42. The van der Waals surface area contributed by atoms with Gasteiger partial charge in [-0.05, 0) is 36.2 Å². The molecule has 1 unspecified atom stereocenters. The molecule has 0 saturated carbocycles. The number of hydrogen-bond donors (Lipinski definition) is 1. The summed E-state index contributed by atoms with van der Waals surface area (Å²) in [5.41, 5.74) is 3.31. The van der Waals surface area contributed by atoms with Gasteiger partial charge in [-0.1, -0.05) is 13.0 Å². The number of carboxylic acids is 1. The van der Waals surface area contributed by atoms with E-state index in [1.165, 1.54) is 0 Å². The van der Waals surface area contributed by atoms with E-state index in [2.05, 4.69) is 4.98 Å². The van der Waals surface area contributed by atoms with Crippen LogP contribution in [-0.2, 0) is 18.3 Å². The van der Waals surface area contributed by atoms with Gasteiger partial charge in [0.2, 0.25) is 5.89 Å². The zero-order chi connectivity index (χ0) is 15.0. The number of fused-ring (bicyclic) bond motifs is 1. The normalized spacial score (nSPS) is 12.7. The Hall–Kier alpha value is -2.56. The lowest BCUT2D eigenvalue weighted by molar-refractivity contribution is -0.141. The lowest BCUT2D eigenvalue weighted by atomic mass is 10.0. The third-order valence-corrected chi connectivity index (χ3v) is 3.58. The molecule has 0 aliphatic rings. The largest absolute Gasteiger partial charge is 0.481 e. The Balaban J connectivity index is 1.96. The van der Waals surface area contributed by atoms with Crippen LogP contribution in [0.25, 0.3) is 22.7 Å². The number of rotatable bonds is 4. The average molecular weight is 284 g/mol. The Labute approximate surface area is 121 Å². The number of carbonyl (C=O) groups is 1. The maximum Gasteiger partial charge on any atom is 0.306 e. The number of aliphatic carboxylic acids is 1. The highest BCUT2D eigenvalue weighted by Gasteiger charge is 2.14. The van der Waals surface area contributed by atoms with Crippen LogP contribution in [0.5, 0.6) is 0 Å². The molecule has 0 spiro atoms. The Morgan fingerprint density at radius 2 is 2.24 bits per heavy atom. The molecule has 1 aromatic carbocycles. The Kier molecular flexibility index (Phi) is 3.25. The summed E-state index contributed by atoms with van der Waals surface area (Å²) < 4.78 is 7.69. The third kappa shape index (κ3) is 2.54. The molecule has 0 amide bonds. The van der Waals surface area contributed by atoms with Crippen LogP contribution in [0.3, 0.4) is 0 Å². The maximum absolute atomic E-state index is 10.9. The fourth-order valence-corrected chi connectivity index (χ4v) is 2.33. The molecule has 2 heterocycles. The van der Waals surface area contributed by atoms with Crippen LogP contribution in [0.2, 0.25) is 0 Å². The van der Waals surface area contributed by atoms with Crippen molar-refractivity contribution in [2.75, 3.05) is 0 Å². The minimum absolute atomic E-state index is 0.415. The molecule has 0 aliphatic carbocycles. The van der Waals surface area contributed by atoms with Gasteiger partial charge in [0.25, 0.3) is 0 Å². The summed E-state index contributed by atoms with van der Waals surface area (Å²) in [7, 11) is 1.93. The molecule has 1 N–H and O–H groups in total. The van der Waals surface area contributed by atoms with E-state index in [1.54, 1.807) is 6.92 Å². The predicted molar refractivity (Wildman–Crippen MR) is 78.9 cm³/mol. The Morgan fingerprint density at radius 1 is 1.43 bits per heavy atom. The van der Waals surface area contributed by atoms with Gasteiger partial charge < -0.3 is 14.1 Å². The van der Waals surface area contributed by atoms with Crippen molar-refractivity contribution in [2.45, 2.75) is 13.3 Å². The monoisotopic (exact) mass is 284 g/mol. The predicted octanol–water partition coefficient (Wildman–Crippen LogP) is 3.10. The number of oxazole rings is 1. The molecular formula is C16H16N2O3. The lowest BCUT2D eigenvalue weighted by Gasteiger charge is -2.05. The molecule has 5 heteroatoms. The molecule has 0 fully saturated rings. The van der Waals surface area contributed by atoms with Crippen molar-refractivity contribution in [2.24, 2.45) is 13.0 Å². The van der Waals surface area contributed by atoms with Crippen LogP contribution in [0.15, 0.2) is 40.9 Å². The first-order chi connectivity index (χ1) is 10.0. The number of benzene rings is 1. The van der Waals surface area contributed by atoms with Crippen molar-refractivity contribution >= 4 is 17.1 Å². The van der Waals surface area contributed by atoms with E-state index in [9.17, 15) is 4.79 Å². The van der Waals surface area contributed by atoms with Gasteiger partial charge in [-0.25, -0.2) is 4.98 Å². The minimum atomic E-state index is -0.792. The second-order valence-electron chi connectivity index (χ2n) is 5.27. The van der Waals surface area contributed by atoms with Crippen LogP contribution < -0.4 is 0 Å². The van der Waals surface area contributed by atoms with Gasteiger partial charge in [0.05, 0.1) is 5.92 Å². The number of aryl methyl sites for hydroxylation is 1. The zero-order valence-electron chi connectivity index (χ0n) is 11.9. The van der Waals surface area contributed by atoms with Crippen LogP contribution in [-0.4, -0.2) is 20.6 Å². The maximum atomic E-state index is 10.9. The number of hydrogen-bond acceptors (Lipinski definition) is 3. The van der Waals surface area contributed by atoms with E-state index in [4.69, 9.17) is 9.52 Å². The Morgan fingerprint density at radius 3 is 2.90 bits per heavy atom. The first-order valence-electron chi connectivity index (χ1n) is 6.78. The van der Waals surface area contributed by atoms with E-state index in [1.807, 2.05) is 48.1 Å². The standard InChI is InChI=1S/C16H16N2O3/c1-10(16(19)20)8-11-5-6-14-12(9-11)17-15(21-14)13-4-3-7-18(13)2/h3-7,9-10H,8H2,1-2H3,(H,19,20). The van der Waals surface area contributed by atoms with E-state index in [-0.39, 0.29) is 0 Å². The minimum Gasteiger partial charge on any atom is -0.481 e. The fourth-order valence-electron chi connectivity index (χ4n) is 2.33. The third-order valence-electron chi connectivity index (χ3n) is 3.58. The SMILES string of the molecule is CC(Cc1ccc2oc(-c3cccn3C)nc2c1)C(=O)O. The van der Waals surface area contributed by atoms with Gasteiger partial charge in [-0.3, -0.25) is 4.79 Å². The number of carboxylic acid groups (broad SMARTS) is 1. The summed E-state index contributed by atoms with van der Waals surface area (Å²) in [6, 6.07) is 9.51. The van der Waals surface area contributed by atoms with E-state index in [0.29, 0.717) is 17.9 Å². The molecule has 1 atom stereocenters. The Bertz CT molecular complexity index is 801. The molecule has 5 nitrogen and oxygen atoms in total. The van der Waals surface area contributed by atoms with E-state index < -0.39 is 11.9 Å². The van der Waals surface area contributed by atoms with E-state index in [0.717, 1.165) is 16.8 Å². The van der Waals surface area contributed by atoms with Gasteiger partial charge in [0, 0.05) is 13.2 Å². The van der Waals surface area contributed by atoms with Crippen molar-refractivity contribution in [3.05, 3.63) is 42.1 Å². The second kappa shape index (κ2) is 5.09. The number of nitrogens with zero attached hydrogens (tertiary/aromatic N) is 2. The van der Waals surface area contributed by atoms with Crippen LogP contribution in [0.4, 0.5) is 0 Å². The first kappa shape index (κ1) is 13.4. The van der Waals surface area contributed by atoms with Gasteiger partial charge >= 0.3 is 5.97 Å². The second-order valence-corrected chi connectivity index (χ2v) is 5.27. The van der Waals surface area contributed by atoms with Crippen molar-refractivity contribution in [3.63, 3.8) is 0 Å². The molecule has 0 radical (unpaired) electrons. The molecule has 3 aromatic rings. The summed E-state index contributed by atoms with van der Waals surface area (Å²) in [4.78, 5) is 15.4. The molecule has 108 valence electrons. The average Bonchev–Trinajstić information content (AvgIpc) is 3.03. The molecule has 3 rings (SSSR count). The molecule has 21 heavy (non-hydrogen) atoms. The molecular weight excluding hydrogens is 268 g/mol. The van der Waals surface area contributed by atoms with Crippen LogP contribution in [0.1, 0.15) is 12.5 Å². The summed E-state index contributed by atoms with van der Waals surface area (Å²) in [5, 5.41) is 8.98. The van der Waals surface area contributed by atoms with Crippen molar-refractivity contribution in [1.82, 2.24) is 9.55 Å². The van der Waals surface area contributed by atoms with Gasteiger partial charge in [-0.2, -0.15) is 0 Å². The molecule has 0 aliphatic heterocycles. The molecule has 0 saturated heterocycles. The summed E-state index contributed by atoms with van der Waals surface area (Å²) in [6.45, 7) is 1.70. The molecule has 0 bridgehead atoms. The summed E-state index contributed by atoms with van der Waals surface area (Å²) in [5.74, 6) is -0.637.